The van der Waals surface area contributed by atoms with Crippen LogP contribution >= 0.6 is 0 Å². The fraction of sp³-hybridized carbons (Fsp3) is 0.286. The summed E-state index contributed by atoms with van der Waals surface area (Å²) in [5.74, 6) is -6.98. The number of benzene rings is 1. The molecule has 0 bridgehead atoms. The van der Waals surface area contributed by atoms with Crippen molar-refractivity contribution in [3.05, 3.63) is 35.4 Å². The lowest BCUT2D eigenvalue weighted by atomic mass is 10.00. The number of carbonyl (C=O) groups excluding carboxylic acids is 4. The van der Waals surface area contributed by atoms with Crippen LogP contribution in [0.15, 0.2) is 24.3 Å². The summed E-state index contributed by atoms with van der Waals surface area (Å²) in [6.07, 6.45) is -1.01. The molecule has 4 amide bonds. The van der Waals surface area contributed by atoms with Gasteiger partial charge < -0.3 is 5.11 Å². The topological polar surface area (TPSA) is 95.0 Å². The number of aliphatic hydroxyl groups is 1. The van der Waals surface area contributed by atoms with E-state index in [0.29, 0.717) is 4.90 Å². The van der Waals surface area contributed by atoms with Crippen LogP contribution in [0.2, 0.25) is 0 Å². The zero-order valence-corrected chi connectivity index (χ0v) is 11.3. The lowest BCUT2D eigenvalue weighted by molar-refractivity contribution is -0.171. The summed E-state index contributed by atoms with van der Waals surface area (Å²) in [5, 5.41) is 9.04. The Bertz CT molecular complexity index is 684. The van der Waals surface area contributed by atoms with Gasteiger partial charge in [-0.3, -0.25) is 24.1 Å². The van der Waals surface area contributed by atoms with Gasteiger partial charge in [-0.05, 0) is 12.1 Å². The Morgan fingerprint density at radius 1 is 1.09 bits per heavy atom. The molecule has 8 heteroatoms. The number of amides is 4. The number of imide groups is 2. The molecule has 2 aliphatic heterocycles. The van der Waals surface area contributed by atoms with Crippen molar-refractivity contribution in [3.8, 4) is 0 Å². The van der Waals surface area contributed by atoms with Gasteiger partial charge in [-0.25, -0.2) is 9.29 Å². The average Bonchev–Trinajstić information content (AvgIpc) is 2.77. The van der Waals surface area contributed by atoms with Crippen LogP contribution in [0.5, 0.6) is 0 Å². The van der Waals surface area contributed by atoms with Crippen molar-refractivity contribution < 1.29 is 28.7 Å². The molecule has 1 unspecified atom stereocenters. The Balaban J connectivity index is 2.05. The molecule has 0 radical (unpaired) electrons. The highest BCUT2D eigenvalue weighted by Crippen LogP contribution is 2.37. The molecule has 2 heterocycles. The molecule has 1 N–H and O–H groups in total. The molecular formula is C14H11FN2O5. The number of carbonyl (C=O) groups is 4. The summed E-state index contributed by atoms with van der Waals surface area (Å²) in [7, 11) is 0. The second kappa shape index (κ2) is 4.70. The van der Waals surface area contributed by atoms with E-state index in [0.717, 1.165) is 0 Å². The molecular weight excluding hydrogens is 295 g/mol. The van der Waals surface area contributed by atoms with E-state index in [1.807, 2.05) is 0 Å². The predicted octanol–water partition coefficient (Wildman–Crippen LogP) is 0.0472. The summed E-state index contributed by atoms with van der Waals surface area (Å²) in [6, 6.07) is 5.76. The smallest absolute Gasteiger partial charge is 0.290 e. The number of likely N-dealkylation sites (tertiary alicyclic amines) is 1. The van der Waals surface area contributed by atoms with E-state index in [1.165, 1.54) is 24.3 Å². The number of nitrogens with zero attached hydrogens (tertiary/aromatic N) is 2. The van der Waals surface area contributed by atoms with Crippen LogP contribution in [0.25, 0.3) is 0 Å². The molecule has 1 fully saturated rings. The number of rotatable bonds is 2. The first-order valence-electron chi connectivity index (χ1n) is 6.54. The Morgan fingerprint density at radius 2 is 1.64 bits per heavy atom. The van der Waals surface area contributed by atoms with Crippen molar-refractivity contribution in [1.29, 1.82) is 0 Å². The van der Waals surface area contributed by atoms with E-state index in [-0.39, 0.29) is 16.0 Å². The first-order chi connectivity index (χ1) is 10.4. The molecule has 22 heavy (non-hydrogen) atoms. The third-order valence-corrected chi connectivity index (χ3v) is 3.83. The minimum atomic E-state index is -2.97. The average molecular weight is 306 g/mol. The lowest BCUT2D eigenvalue weighted by Gasteiger charge is -2.38. The van der Waals surface area contributed by atoms with Gasteiger partial charge >= 0.3 is 0 Å². The van der Waals surface area contributed by atoms with Crippen LogP contribution in [-0.2, 0) is 9.59 Å². The van der Waals surface area contributed by atoms with E-state index in [4.69, 9.17) is 5.11 Å². The van der Waals surface area contributed by atoms with E-state index < -0.39 is 49.0 Å². The maximum atomic E-state index is 15.2. The van der Waals surface area contributed by atoms with Gasteiger partial charge in [0.25, 0.3) is 23.5 Å². The first-order valence-corrected chi connectivity index (χ1v) is 6.54. The zero-order chi connectivity index (χ0) is 16.1. The highest BCUT2D eigenvalue weighted by molar-refractivity contribution is 6.23. The molecule has 0 spiro atoms. The fourth-order valence-corrected chi connectivity index (χ4v) is 2.70. The molecule has 3 rings (SSSR count). The van der Waals surface area contributed by atoms with E-state index in [1.54, 1.807) is 0 Å². The van der Waals surface area contributed by atoms with Crippen LogP contribution in [0, 0.1) is 0 Å². The van der Waals surface area contributed by atoms with Gasteiger partial charge in [-0.15, -0.1) is 0 Å². The number of hydrogen-bond donors (Lipinski definition) is 1. The summed E-state index contributed by atoms with van der Waals surface area (Å²) >= 11 is 0. The molecule has 1 atom stereocenters. The summed E-state index contributed by atoms with van der Waals surface area (Å²) in [6.45, 7) is -1.01. The van der Waals surface area contributed by atoms with Gasteiger partial charge in [0.2, 0.25) is 5.91 Å². The number of halogens is 1. The van der Waals surface area contributed by atoms with Gasteiger partial charge in [0, 0.05) is 12.8 Å². The van der Waals surface area contributed by atoms with Crippen LogP contribution in [0.4, 0.5) is 4.39 Å². The van der Waals surface area contributed by atoms with E-state index in [2.05, 4.69) is 0 Å². The van der Waals surface area contributed by atoms with Crippen LogP contribution in [0.1, 0.15) is 33.6 Å². The minimum absolute atomic E-state index is 0.00442. The maximum Gasteiger partial charge on any atom is 0.290 e. The SMILES string of the molecule is O=C1CCC(F)(N2C(=O)c3ccccc3C2=O)C(=O)N1CO. The Morgan fingerprint density at radius 3 is 2.14 bits per heavy atom. The Labute approximate surface area is 123 Å². The molecule has 1 aromatic rings. The third-order valence-electron chi connectivity index (χ3n) is 3.83. The standard InChI is InChI=1S/C14H11FN2O5/c15-14(6-5-10(19)16(7-18)13(14)22)17-11(20)8-3-1-2-4-9(8)12(17)21/h1-4,18H,5-7H2. The van der Waals surface area contributed by atoms with E-state index in [9.17, 15) is 19.2 Å². The lowest BCUT2D eigenvalue weighted by Crippen LogP contribution is -2.63. The van der Waals surface area contributed by atoms with Gasteiger partial charge in [0.15, 0.2) is 0 Å². The highest BCUT2D eigenvalue weighted by atomic mass is 19.1. The Hall–Kier alpha value is -2.61. The second-order valence-electron chi connectivity index (χ2n) is 5.02. The molecule has 1 saturated heterocycles. The largest absolute Gasteiger partial charge is 0.376 e. The predicted molar refractivity (Wildman–Crippen MR) is 69.0 cm³/mol. The normalized spacial score (nSPS) is 25.0. The molecule has 114 valence electrons. The fourth-order valence-electron chi connectivity index (χ4n) is 2.70. The number of fused-ring (bicyclic) bond motifs is 1. The van der Waals surface area contributed by atoms with Gasteiger partial charge in [0.05, 0.1) is 11.1 Å². The summed E-state index contributed by atoms with van der Waals surface area (Å²) < 4.78 is 15.2. The first kappa shape index (κ1) is 14.3. The summed E-state index contributed by atoms with van der Waals surface area (Å²) in [5.41, 5.74) is 0.00884. The number of hydrogen-bond acceptors (Lipinski definition) is 5. The molecule has 0 aliphatic carbocycles. The number of alkyl halides is 1. The molecule has 1 aromatic carbocycles. The van der Waals surface area contributed by atoms with Crippen molar-refractivity contribution >= 4 is 23.6 Å². The van der Waals surface area contributed by atoms with Crippen molar-refractivity contribution in [1.82, 2.24) is 9.80 Å². The molecule has 0 saturated carbocycles. The molecule has 0 aromatic heterocycles. The van der Waals surface area contributed by atoms with Crippen molar-refractivity contribution in [2.75, 3.05) is 6.73 Å². The number of aliphatic hydroxyl groups excluding tert-OH is 1. The monoisotopic (exact) mass is 306 g/mol. The van der Waals surface area contributed by atoms with Crippen molar-refractivity contribution in [3.63, 3.8) is 0 Å². The van der Waals surface area contributed by atoms with Gasteiger partial charge in [0.1, 0.15) is 6.73 Å². The van der Waals surface area contributed by atoms with Gasteiger partial charge in [-0.1, -0.05) is 12.1 Å². The quantitative estimate of drug-likeness (QED) is 0.615. The second-order valence-corrected chi connectivity index (χ2v) is 5.02. The molecule has 7 nitrogen and oxygen atoms in total. The van der Waals surface area contributed by atoms with Crippen LogP contribution < -0.4 is 0 Å². The third kappa shape index (κ3) is 1.70. The van der Waals surface area contributed by atoms with Crippen molar-refractivity contribution in [2.45, 2.75) is 18.6 Å². The number of piperidine rings is 1. The van der Waals surface area contributed by atoms with Crippen LogP contribution in [-0.4, -0.2) is 51.1 Å². The molecule has 2 aliphatic rings. The van der Waals surface area contributed by atoms with Gasteiger partial charge in [-0.2, -0.15) is 0 Å². The minimum Gasteiger partial charge on any atom is -0.376 e. The summed E-state index contributed by atoms with van der Waals surface area (Å²) in [4.78, 5) is 48.8. The maximum absolute atomic E-state index is 15.2. The Kier molecular flexibility index (Phi) is 3.06. The van der Waals surface area contributed by atoms with Crippen molar-refractivity contribution in [2.24, 2.45) is 0 Å². The highest BCUT2D eigenvalue weighted by Gasteiger charge is 2.58. The zero-order valence-electron chi connectivity index (χ0n) is 11.3. The van der Waals surface area contributed by atoms with Crippen LogP contribution in [0.3, 0.4) is 0 Å². The van der Waals surface area contributed by atoms with E-state index >= 15 is 4.39 Å².